The van der Waals surface area contributed by atoms with Crippen molar-refractivity contribution in [1.29, 1.82) is 0 Å². The summed E-state index contributed by atoms with van der Waals surface area (Å²) in [6.45, 7) is 7.86. The van der Waals surface area contributed by atoms with E-state index >= 15 is 0 Å². The number of hydrogen-bond acceptors (Lipinski definition) is 5. The summed E-state index contributed by atoms with van der Waals surface area (Å²) >= 11 is 0. The minimum atomic E-state index is -4.13. The third kappa shape index (κ3) is 4.95. The highest BCUT2D eigenvalue weighted by atomic mass is 31.2. The summed E-state index contributed by atoms with van der Waals surface area (Å²) in [6, 6.07) is 4.79. The normalized spacial score (nSPS) is 15.0. The van der Waals surface area contributed by atoms with Crippen molar-refractivity contribution < 1.29 is 27.9 Å². The van der Waals surface area contributed by atoms with E-state index in [2.05, 4.69) is 0 Å². The lowest BCUT2D eigenvalue weighted by molar-refractivity contribution is -0.120. The first-order valence-electron chi connectivity index (χ1n) is 7.45. The zero-order chi connectivity index (χ0) is 17.8. The zero-order valence-corrected chi connectivity index (χ0v) is 15.0. The van der Waals surface area contributed by atoms with Gasteiger partial charge in [-0.25, -0.2) is 4.39 Å². The molecule has 7 heteroatoms. The monoisotopic (exact) mass is 346 g/mol. The number of hydrogen-bond donors (Lipinski definition) is 1. The Morgan fingerprint density at radius 1 is 1.17 bits per heavy atom. The second-order valence-corrected chi connectivity index (χ2v) is 8.16. The smallest absolute Gasteiger partial charge is 0.367 e. The van der Waals surface area contributed by atoms with E-state index in [9.17, 15) is 18.9 Å². The van der Waals surface area contributed by atoms with Gasteiger partial charge in [0, 0.05) is 0 Å². The Kier molecular flexibility index (Phi) is 6.66. The Morgan fingerprint density at radius 3 is 1.96 bits per heavy atom. The molecule has 0 heterocycles. The maximum atomic E-state index is 13.3. The Hall–Kier alpha value is -1.07. The molecule has 1 rings (SSSR count). The van der Waals surface area contributed by atoms with Crippen LogP contribution in [0.5, 0.6) is 0 Å². The van der Waals surface area contributed by atoms with Crippen LogP contribution in [0.15, 0.2) is 24.3 Å². The van der Waals surface area contributed by atoms with Gasteiger partial charge in [0.05, 0.1) is 18.6 Å². The van der Waals surface area contributed by atoms with E-state index in [1.807, 2.05) is 0 Å². The van der Waals surface area contributed by atoms with Gasteiger partial charge in [0.1, 0.15) is 11.6 Å². The van der Waals surface area contributed by atoms with Crippen molar-refractivity contribution in [3.05, 3.63) is 35.6 Å². The van der Waals surface area contributed by atoms with Crippen LogP contribution in [0.2, 0.25) is 0 Å². The van der Waals surface area contributed by atoms with Crippen molar-refractivity contribution in [2.24, 2.45) is 0 Å². The molecule has 1 atom stereocenters. The van der Waals surface area contributed by atoms with Gasteiger partial charge in [-0.15, -0.1) is 0 Å². The number of carbonyl (C=O) groups is 1. The van der Waals surface area contributed by atoms with E-state index in [0.717, 1.165) is 12.1 Å². The molecule has 0 radical (unpaired) electrons. The lowest BCUT2D eigenvalue weighted by atomic mass is 10.0. The molecule has 0 aliphatic heterocycles. The van der Waals surface area contributed by atoms with Gasteiger partial charge in [0.2, 0.25) is 0 Å². The van der Waals surface area contributed by atoms with Gasteiger partial charge >= 0.3 is 7.60 Å². The minimum absolute atomic E-state index is 0.110. The zero-order valence-electron chi connectivity index (χ0n) is 14.1. The SMILES string of the molecule is CC(=O)CC(O)(c1ccc(F)cc1)P(=O)(OC(C)C)OC(C)C. The molecule has 0 bridgehead atoms. The molecule has 0 saturated carbocycles. The second-order valence-electron chi connectivity index (χ2n) is 6.01. The van der Waals surface area contributed by atoms with E-state index in [-0.39, 0.29) is 5.56 Å². The summed E-state index contributed by atoms with van der Waals surface area (Å²) in [4.78, 5) is 11.7. The molecule has 23 heavy (non-hydrogen) atoms. The van der Waals surface area contributed by atoms with Crippen molar-refractivity contribution in [1.82, 2.24) is 0 Å². The molecule has 0 aliphatic carbocycles. The van der Waals surface area contributed by atoms with E-state index in [1.54, 1.807) is 27.7 Å². The Labute approximate surface area is 136 Å². The molecule has 5 nitrogen and oxygen atoms in total. The van der Waals surface area contributed by atoms with Crippen molar-refractivity contribution in [3.63, 3.8) is 0 Å². The summed E-state index contributed by atoms with van der Waals surface area (Å²) < 4.78 is 37.4. The fraction of sp³-hybridized carbons (Fsp3) is 0.562. The minimum Gasteiger partial charge on any atom is -0.373 e. The molecule has 0 fully saturated rings. The molecular formula is C16H24FO5P. The first-order chi connectivity index (χ1) is 10.5. The van der Waals surface area contributed by atoms with Gasteiger partial charge in [0.25, 0.3) is 0 Å². The van der Waals surface area contributed by atoms with Crippen molar-refractivity contribution in [2.75, 3.05) is 0 Å². The van der Waals surface area contributed by atoms with E-state index in [0.29, 0.717) is 0 Å². The number of carbonyl (C=O) groups excluding carboxylic acids is 1. The van der Waals surface area contributed by atoms with Gasteiger partial charge in [-0.2, -0.15) is 0 Å². The van der Waals surface area contributed by atoms with Crippen LogP contribution < -0.4 is 0 Å². The first-order valence-corrected chi connectivity index (χ1v) is 8.99. The third-order valence-corrected chi connectivity index (χ3v) is 5.68. The Balaban J connectivity index is 3.47. The quantitative estimate of drug-likeness (QED) is 0.721. The molecule has 0 aromatic heterocycles. The predicted octanol–water partition coefficient (Wildman–Crippen LogP) is 3.99. The number of Topliss-reactive ketones (excluding diaryl/α,β-unsaturated/α-hetero) is 1. The lowest BCUT2D eigenvalue weighted by Crippen LogP contribution is -2.32. The number of aliphatic hydroxyl groups is 1. The largest absolute Gasteiger partial charge is 0.373 e. The van der Waals surface area contributed by atoms with Crippen molar-refractivity contribution in [2.45, 2.75) is 58.6 Å². The highest BCUT2D eigenvalue weighted by molar-refractivity contribution is 7.55. The molecule has 0 amide bonds. The van der Waals surface area contributed by atoms with E-state index < -0.39 is 43.2 Å². The van der Waals surface area contributed by atoms with Crippen LogP contribution in [-0.4, -0.2) is 23.1 Å². The Bertz CT molecular complexity index is 571. The standard InChI is InChI=1S/C16H24FO5P/c1-11(2)21-23(20,22-12(3)4)16(19,10-13(5)18)14-6-8-15(17)9-7-14/h6-9,11-12,19H,10H2,1-5H3. The van der Waals surface area contributed by atoms with Crippen LogP contribution in [0.1, 0.15) is 46.6 Å². The first kappa shape index (κ1) is 20.0. The molecule has 130 valence electrons. The molecule has 1 N–H and O–H groups in total. The maximum Gasteiger partial charge on any atom is 0.367 e. The van der Waals surface area contributed by atoms with Gasteiger partial charge in [-0.05, 0) is 52.3 Å². The van der Waals surface area contributed by atoms with Gasteiger partial charge < -0.3 is 14.2 Å². The summed E-state index contributed by atoms with van der Waals surface area (Å²) in [5.41, 5.74) is 0.110. The summed E-state index contributed by atoms with van der Waals surface area (Å²) in [5, 5.41) is 8.92. The lowest BCUT2D eigenvalue weighted by Gasteiger charge is -2.36. The fourth-order valence-corrected chi connectivity index (χ4v) is 4.57. The molecule has 0 spiro atoms. The molecule has 0 saturated heterocycles. The topological polar surface area (TPSA) is 72.8 Å². The van der Waals surface area contributed by atoms with Crippen LogP contribution in [0.3, 0.4) is 0 Å². The second kappa shape index (κ2) is 7.67. The third-order valence-electron chi connectivity index (χ3n) is 2.95. The van der Waals surface area contributed by atoms with Crippen LogP contribution in [0, 0.1) is 5.82 Å². The summed E-state index contributed by atoms with van der Waals surface area (Å²) in [5.74, 6) is -0.903. The van der Waals surface area contributed by atoms with Crippen molar-refractivity contribution >= 4 is 13.4 Å². The van der Waals surface area contributed by atoms with Gasteiger partial charge in [0.15, 0.2) is 5.34 Å². The van der Waals surface area contributed by atoms with Crippen LogP contribution in [-0.2, 0) is 23.7 Å². The molecular weight excluding hydrogens is 322 g/mol. The molecule has 0 aliphatic rings. The molecule has 1 aromatic carbocycles. The van der Waals surface area contributed by atoms with Gasteiger partial charge in [-0.3, -0.25) is 9.36 Å². The summed E-state index contributed by atoms with van der Waals surface area (Å²) in [7, 11) is -4.13. The Morgan fingerprint density at radius 2 is 1.61 bits per heavy atom. The fourth-order valence-electron chi connectivity index (χ4n) is 2.18. The average molecular weight is 346 g/mol. The van der Waals surface area contributed by atoms with E-state index in [1.165, 1.54) is 19.1 Å². The summed E-state index contributed by atoms with van der Waals surface area (Å²) in [6.07, 6.45) is -1.47. The number of rotatable bonds is 8. The number of benzene rings is 1. The number of ketones is 1. The van der Waals surface area contributed by atoms with E-state index in [4.69, 9.17) is 9.05 Å². The maximum absolute atomic E-state index is 13.3. The van der Waals surface area contributed by atoms with Crippen LogP contribution in [0.25, 0.3) is 0 Å². The highest BCUT2D eigenvalue weighted by Crippen LogP contribution is 2.66. The van der Waals surface area contributed by atoms with Crippen LogP contribution >= 0.6 is 7.60 Å². The van der Waals surface area contributed by atoms with Crippen molar-refractivity contribution in [3.8, 4) is 0 Å². The molecule has 1 aromatic rings. The predicted molar refractivity (Wildman–Crippen MR) is 85.6 cm³/mol. The molecule has 1 unspecified atom stereocenters. The van der Waals surface area contributed by atoms with Crippen LogP contribution in [0.4, 0.5) is 4.39 Å². The van der Waals surface area contributed by atoms with Gasteiger partial charge in [-0.1, -0.05) is 12.1 Å². The number of halogens is 1. The highest BCUT2D eigenvalue weighted by Gasteiger charge is 2.53. The average Bonchev–Trinajstić information content (AvgIpc) is 2.36.